The van der Waals surface area contributed by atoms with Crippen molar-refractivity contribution in [3.8, 4) is 0 Å². The van der Waals surface area contributed by atoms with Gasteiger partial charge in [-0.1, -0.05) is 30.3 Å². The Kier molecular flexibility index (Phi) is 5.30. The van der Waals surface area contributed by atoms with Gasteiger partial charge < -0.3 is 20.3 Å². The van der Waals surface area contributed by atoms with Gasteiger partial charge in [0.25, 0.3) is 0 Å². The highest BCUT2D eigenvalue weighted by molar-refractivity contribution is 5.16. The van der Waals surface area contributed by atoms with Crippen LogP contribution in [0.15, 0.2) is 30.3 Å². The highest BCUT2D eigenvalue weighted by Gasteiger charge is 2.28. The van der Waals surface area contributed by atoms with Gasteiger partial charge in [-0.3, -0.25) is 5.32 Å². The molecule has 5 nitrogen and oxygen atoms in total. The van der Waals surface area contributed by atoms with E-state index in [-0.39, 0.29) is 12.1 Å². The van der Waals surface area contributed by atoms with Crippen LogP contribution in [0, 0.1) is 0 Å². The Morgan fingerprint density at radius 1 is 1.37 bits per heavy atom. The van der Waals surface area contributed by atoms with Crippen LogP contribution in [0.1, 0.15) is 18.2 Å². The summed E-state index contributed by atoms with van der Waals surface area (Å²) < 4.78 is 5.64. The second kappa shape index (κ2) is 6.98. The maximum Gasteiger partial charge on any atom is 0.131 e. The van der Waals surface area contributed by atoms with Gasteiger partial charge in [0.05, 0.1) is 24.9 Å². The van der Waals surface area contributed by atoms with Crippen LogP contribution in [0.4, 0.5) is 0 Å². The Morgan fingerprint density at radius 3 is 2.74 bits per heavy atom. The normalized spacial score (nSPS) is 29.1. The fourth-order valence-electron chi connectivity index (χ4n) is 2.27. The molecule has 0 spiro atoms. The first-order valence-corrected chi connectivity index (χ1v) is 6.64. The zero-order valence-corrected chi connectivity index (χ0v) is 11.1. The monoisotopic (exact) mass is 266 g/mol. The highest BCUT2D eigenvalue weighted by atomic mass is 16.5. The maximum absolute atomic E-state index is 9.97. The van der Waals surface area contributed by atoms with Gasteiger partial charge in [-0.25, -0.2) is 0 Å². The first kappa shape index (κ1) is 14.4. The van der Waals surface area contributed by atoms with Gasteiger partial charge in [0, 0.05) is 13.0 Å². The predicted molar refractivity (Wildman–Crippen MR) is 72.6 cm³/mol. The number of ether oxygens (including phenoxy) is 1. The van der Waals surface area contributed by atoms with Crippen molar-refractivity contribution in [1.29, 1.82) is 0 Å². The van der Waals surface area contributed by atoms with Crippen molar-refractivity contribution in [2.75, 3.05) is 20.2 Å². The molecule has 0 saturated carbocycles. The summed E-state index contributed by atoms with van der Waals surface area (Å²) in [5.74, 6) is 0. The molecule has 106 valence electrons. The fourth-order valence-corrected chi connectivity index (χ4v) is 2.27. The van der Waals surface area contributed by atoms with Crippen molar-refractivity contribution < 1.29 is 14.9 Å². The lowest BCUT2D eigenvalue weighted by molar-refractivity contribution is -0.0668. The number of hydrogen-bond acceptors (Lipinski definition) is 5. The van der Waals surface area contributed by atoms with Gasteiger partial charge in [-0.05, 0) is 12.6 Å². The van der Waals surface area contributed by atoms with Gasteiger partial charge in [0.2, 0.25) is 0 Å². The van der Waals surface area contributed by atoms with E-state index < -0.39 is 12.3 Å². The fraction of sp³-hybridized carbons (Fsp3) is 0.571. The summed E-state index contributed by atoms with van der Waals surface area (Å²) in [5, 5.41) is 25.9. The van der Waals surface area contributed by atoms with Crippen LogP contribution in [0.25, 0.3) is 0 Å². The summed E-state index contributed by atoms with van der Waals surface area (Å²) in [6.07, 6.45) is -0.610. The minimum absolute atomic E-state index is 0.00435. The van der Waals surface area contributed by atoms with Crippen LogP contribution in [0.5, 0.6) is 0 Å². The number of hydrogen-bond donors (Lipinski definition) is 4. The standard InChI is InChI=1S/C14H22N2O3/c1-15-12-9-19-11(7-13(12)17)8-16-14(18)10-5-3-2-4-6-10/h2-6,11-18H,7-9H2,1H3/t11-,12+,13?,14?/m1/s1. The Balaban J connectivity index is 1.77. The van der Waals surface area contributed by atoms with Gasteiger partial charge in [-0.2, -0.15) is 0 Å². The van der Waals surface area contributed by atoms with E-state index in [1.54, 1.807) is 0 Å². The summed E-state index contributed by atoms with van der Waals surface area (Å²) in [7, 11) is 1.81. The molecule has 5 heteroatoms. The SMILES string of the molecule is CN[C@H]1CO[C@@H](CNC(O)c2ccccc2)CC1O. The number of benzene rings is 1. The van der Waals surface area contributed by atoms with Crippen molar-refractivity contribution >= 4 is 0 Å². The molecule has 0 amide bonds. The highest BCUT2D eigenvalue weighted by Crippen LogP contribution is 2.15. The van der Waals surface area contributed by atoms with E-state index in [0.717, 1.165) is 5.56 Å². The minimum atomic E-state index is -0.705. The molecule has 2 unspecified atom stereocenters. The van der Waals surface area contributed by atoms with E-state index in [4.69, 9.17) is 4.74 Å². The Labute approximate surface area is 113 Å². The molecule has 1 aliphatic rings. The van der Waals surface area contributed by atoms with E-state index >= 15 is 0 Å². The van der Waals surface area contributed by atoms with Crippen LogP contribution >= 0.6 is 0 Å². The third-order valence-electron chi connectivity index (χ3n) is 3.51. The lowest BCUT2D eigenvalue weighted by atomic mass is 10.0. The average Bonchev–Trinajstić information content (AvgIpc) is 2.46. The van der Waals surface area contributed by atoms with E-state index in [9.17, 15) is 10.2 Å². The smallest absolute Gasteiger partial charge is 0.131 e. The third kappa shape index (κ3) is 3.99. The van der Waals surface area contributed by atoms with Crippen LogP contribution < -0.4 is 10.6 Å². The molecule has 1 fully saturated rings. The van der Waals surface area contributed by atoms with Crippen molar-refractivity contribution in [3.63, 3.8) is 0 Å². The second-order valence-corrected chi connectivity index (χ2v) is 4.88. The molecule has 1 heterocycles. The predicted octanol–water partition coefficient (Wildman–Crippen LogP) is 0.00490. The lowest BCUT2D eigenvalue weighted by Gasteiger charge is -2.33. The van der Waals surface area contributed by atoms with Crippen molar-refractivity contribution in [3.05, 3.63) is 35.9 Å². The summed E-state index contributed by atoms with van der Waals surface area (Å²) >= 11 is 0. The zero-order chi connectivity index (χ0) is 13.7. The molecular weight excluding hydrogens is 244 g/mol. The van der Waals surface area contributed by atoms with Crippen molar-refractivity contribution in [1.82, 2.24) is 10.6 Å². The Bertz CT molecular complexity index is 374. The van der Waals surface area contributed by atoms with Crippen molar-refractivity contribution in [2.45, 2.75) is 30.9 Å². The molecule has 0 aliphatic carbocycles. The Morgan fingerprint density at radius 2 is 2.11 bits per heavy atom. The van der Waals surface area contributed by atoms with E-state index in [1.807, 2.05) is 37.4 Å². The first-order chi connectivity index (χ1) is 9.20. The summed E-state index contributed by atoms with van der Waals surface area (Å²) in [5.41, 5.74) is 0.826. The molecule has 0 aromatic heterocycles. The van der Waals surface area contributed by atoms with Gasteiger partial charge in [0.1, 0.15) is 6.23 Å². The van der Waals surface area contributed by atoms with Gasteiger partial charge >= 0.3 is 0 Å². The average molecular weight is 266 g/mol. The number of aliphatic hydroxyl groups is 2. The maximum atomic E-state index is 9.97. The molecule has 1 aromatic rings. The quantitative estimate of drug-likeness (QED) is 0.565. The molecular formula is C14H22N2O3. The van der Waals surface area contributed by atoms with Crippen LogP contribution in [-0.4, -0.2) is 48.7 Å². The minimum Gasteiger partial charge on any atom is -0.391 e. The molecule has 0 bridgehead atoms. The third-order valence-corrected chi connectivity index (χ3v) is 3.51. The number of nitrogens with one attached hydrogen (secondary N) is 2. The lowest BCUT2D eigenvalue weighted by Crippen LogP contribution is -2.50. The molecule has 19 heavy (non-hydrogen) atoms. The van der Waals surface area contributed by atoms with Crippen molar-refractivity contribution in [2.24, 2.45) is 0 Å². The topological polar surface area (TPSA) is 73.8 Å². The summed E-state index contributed by atoms with van der Waals surface area (Å²) in [6.45, 7) is 1.01. The molecule has 4 N–H and O–H groups in total. The van der Waals surface area contributed by atoms with Gasteiger partial charge in [-0.15, -0.1) is 0 Å². The molecule has 4 atom stereocenters. The van der Waals surface area contributed by atoms with Crippen LogP contribution in [0.2, 0.25) is 0 Å². The molecule has 1 aliphatic heterocycles. The van der Waals surface area contributed by atoms with E-state index in [1.165, 1.54) is 0 Å². The number of rotatable bonds is 5. The van der Waals surface area contributed by atoms with Gasteiger partial charge in [0.15, 0.2) is 0 Å². The molecule has 1 aromatic carbocycles. The first-order valence-electron chi connectivity index (χ1n) is 6.64. The Hall–Kier alpha value is -0.980. The summed E-state index contributed by atoms with van der Waals surface area (Å²) in [6, 6.07) is 9.41. The number of aliphatic hydroxyl groups excluding tert-OH is 2. The van der Waals surface area contributed by atoms with E-state index in [0.29, 0.717) is 19.6 Å². The summed E-state index contributed by atoms with van der Waals surface area (Å²) in [4.78, 5) is 0. The van der Waals surface area contributed by atoms with Crippen LogP contribution in [0.3, 0.4) is 0 Å². The zero-order valence-electron chi connectivity index (χ0n) is 11.1. The molecule has 2 rings (SSSR count). The number of likely N-dealkylation sites (N-methyl/N-ethyl adjacent to an activating group) is 1. The molecule has 1 saturated heterocycles. The van der Waals surface area contributed by atoms with E-state index in [2.05, 4.69) is 10.6 Å². The second-order valence-electron chi connectivity index (χ2n) is 4.88. The largest absolute Gasteiger partial charge is 0.391 e. The molecule has 0 radical (unpaired) electrons. The van der Waals surface area contributed by atoms with Crippen LogP contribution in [-0.2, 0) is 4.74 Å².